The molecule has 0 N–H and O–H groups in total. The second kappa shape index (κ2) is 8.88. The van der Waals surface area contributed by atoms with E-state index in [0.29, 0.717) is 28.7 Å². The van der Waals surface area contributed by atoms with E-state index in [4.69, 9.17) is 21.1 Å². The maximum absolute atomic E-state index is 13.2. The van der Waals surface area contributed by atoms with Crippen molar-refractivity contribution >= 4 is 29.3 Å². The van der Waals surface area contributed by atoms with Crippen LogP contribution in [-0.2, 0) is 9.53 Å². The number of carbonyl (C=O) groups is 1. The summed E-state index contributed by atoms with van der Waals surface area (Å²) in [6.07, 6.45) is 6.68. The molecule has 1 saturated heterocycles. The SMILES string of the molecule is C=C(c1ccc(Cl)cn1)N1C[C@H](C)O/C(=C\c2ccc(-n3cnc(C)c3)c(OC)c2)C1=O. The van der Waals surface area contributed by atoms with Crippen LogP contribution < -0.4 is 4.74 Å². The number of nitrogens with zero attached hydrogens (tertiary/aromatic N) is 4. The lowest BCUT2D eigenvalue weighted by atomic mass is 10.1. The quantitative estimate of drug-likeness (QED) is 0.535. The maximum atomic E-state index is 13.2. The van der Waals surface area contributed by atoms with E-state index in [1.807, 2.05) is 42.8 Å². The summed E-state index contributed by atoms with van der Waals surface area (Å²) in [7, 11) is 1.61. The third kappa shape index (κ3) is 4.38. The fourth-order valence-corrected chi connectivity index (χ4v) is 3.60. The molecule has 1 aromatic carbocycles. The van der Waals surface area contributed by atoms with Gasteiger partial charge in [-0.15, -0.1) is 0 Å². The molecule has 3 aromatic rings. The van der Waals surface area contributed by atoms with Crippen LogP contribution in [0.5, 0.6) is 5.75 Å². The average Bonchev–Trinajstić information content (AvgIpc) is 3.22. The Bertz CT molecular complexity index is 1200. The van der Waals surface area contributed by atoms with Crippen molar-refractivity contribution in [2.45, 2.75) is 20.0 Å². The van der Waals surface area contributed by atoms with Crippen molar-refractivity contribution in [2.24, 2.45) is 0 Å². The van der Waals surface area contributed by atoms with E-state index in [0.717, 1.165) is 16.9 Å². The van der Waals surface area contributed by atoms with Gasteiger partial charge in [0.1, 0.15) is 11.9 Å². The normalized spacial score (nSPS) is 17.4. The smallest absolute Gasteiger partial charge is 0.293 e. The predicted molar refractivity (Wildman–Crippen MR) is 123 cm³/mol. The molecule has 0 radical (unpaired) electrons. The summed E-state index contributed by atoms with van der Waals surface area (Å²) >= 11 is 5.93. The van der Waals surface area contributed by atoms with E-state index >= 15 is 0 Å². The number of aryl methyl sites for hydroxylation is 1. The Morgan fingerprint density at radius 1 is 1.31 bits per heavy atom. The summed E-state index contributed by atoms with van der Waals surface area (Å²) in [4.78, 5) is 23.3. The van der Waals surface area contributed by atoms with E-state index < -0.39 is 0 Å². The summed E-state index contributed by atoms with van der Waals surface area (Å²) in [5, 5.41) is 0.520. The molecule has 0 saturated carbocycles. The highest BCUT2D eigenvalue weighted by Crippen LogP contribution is 2.29. The second-order valence-corrected chi connectivity index (χ2v) is 7.95. The lowest BCUT2D eigenvalue weighted by Gasteiger charge is -2.33. The van der Waals surface area contributed by atoms with Crippen molar-refractivity contribution in [3.63, 3.8) is 0 Å². The molecule has 1 amide bonds. The van der Waals surface area contributed by atoms with E-state index in [1.165, 1.54) is 6.20 Å². The number of pyridine rings is 1. The summed E-state index contributed by atoms with van der Waals surface area (Å²) < 4.78 is 13.3. The molecule has 1 fully saturated rings. The number of carbonyl (C=O) groups excluding carboxylic acids is 1. The number of rotatable bonds is 5. The number of hydrogen-bond donors (Lipinski definition) is 0. The minimum atomic E-state index is -0.280. The van der Waals surface area contributed by atoms with Crippen LogP contribution in [0.4, 0.5) is 0 Å². The van der Waals surface area contributed by atoms with Crippen LogP contribution in [0.3, 0.4) is 0 Å². The van der Waals surface area contributed by atoms with Gasteiger partial charge >= 0.3 is 0 Å². The molecule has 164 valence electrons. The van der Waals surface area contributed by atoms with Gasteiger partial charge in [0.2, 0.25) is 0 Å². The van der Waals surface area contributed by atoms with Crippen molar-refractivity contribution in [3.05, 3.63) is 83.4 Å². The van der Waals surface area contributed by atoms with E-state index in [9.17, 15) is 4.79 Å². The Hall–Kier alpha value is -3.58. The molecule has 0 spiro atoms. The minimum Gasteiger partial charge on any atom is -0.495 e. The minimum absolute atomic E-state index is 0.210. The maximum Gasteiger partial charge on any atom is 0.293 e. The zero-order valence-electron chi connectivity index (χ0n) is 18.1. The monoisotopic (exact) mass is 450 g/mol. The molecule has 4 rings (SSSR count). The van der Waals surface area contributed by atoms with Crippen LogP contribution in [0.25, 0.3) is 17.5 Å². The molecule has 1 aliphatic heterocycles. The Balaban J connectivity index is 1.63. The number of methoxy groups -OCH3 is 1. The van der Waals surface area contributed by atoms with Crippen LogP contribution in [0, 0.1) is 6.92 Å². The van der Waals surface area contributed by atoms with Gasteiger partial charge in [0.15, 0.2) is 5.76 Å². The standard InChI is InChI=1S/C24H23ClN4O3/c1-15-12-28(14-27-15)21-8-5-18(9-22(21)31-4)10-23-24(30)29(13-16(2)32-23)17(3)20-7-6-19(25)11-26-20/h5-12,14,16H,3,13H2,1-2,4H3/b23-10-/t16-/m0/s1. The number of ether oxygens (including phenoxy) is 2. The van der Waals surface area contributed by atoms with Crippen molar-refractivity contribution < 1.29 is 14.3 Å². The van der Waals surface area contributed by atoms with Crippen LogP contribution in [0.15, 0.2) is 61.4 Å². The lowest BCUT2D eigenvalue weighted by molar-refractivity contribution is -0.134. The molecule has 0 aliphatic carbocycles. The van der Waals surface area contributed by atoms with Gasteiger partial charge in [-0.05, 0) is 49.8 Å². The summed E-state index contributed by atoms with van der Waals surface area (Å²) in [6, 6.07) is 9.12. The molecule has 1 aliphatic rings. The van der Waals surface area contributed by atoms with Gasteiger partial charge in [0, 0.05) is 12.4 Å². The van der Waals surface area contributed by atoms with E-state index in [1.54, 1.807) is 36.5 Å². The molecule has 3 heterocycles. The molecular formula is C24H23ClN4O3. The number of hydrogen-bond acceptors (Lipinski definition) is 5. The number of benzene rings is 1. The van der Waals surface area contributed by atoms with Gasteiger partial charge in [0.25, 0.3) is 5.91 Å². The third-order valence-electron chi connectivity index (χ3n) is 5.06. The number of morpholine rings is 1. The summed E-state index contributed by atoms with van der Waals surface area (Å²) in [5.74, 6) is 0.602. The molecular weight excluding hydrogens is 428 g/mol. The number of aromatic nitrogens is 3. The van der Waals surface area contributed by atoms with Crippen molar-refractivity contribution in [3.8, 4) is 11.4 Å². The summed E-state index contributed by atoms with van der Waals surface area (Å²) in [6.45, 7) is 8.27. The average molecular weight is 451 g/mol. The summed E-state index contributed by atoms with van der Waals surface area (Å²) in [5.41, 5.74) is 3.61. The highest BCUT2D eigenvalue weighted by molar-refractivity contribution is 6.30. The molecule has 0 unspecified atom stereocenters. The van der Waals surface area contributed by atoms with Crippen molar-refractivity contribution in [1.29, 1.82) is 0 Å². The first kappa shape index (κ1) is 21.6. The Morgan fingerprint density at radius 3 is 2.78 bits per heavy atom. The predicted octanol–water partition coefficient (Wildman–Crippen LogP) is 4.50. The topological polar surface area (TPSA) is 69.5 Å². The van der Waals surface area contributed by atoms with Gasteiger partial charge in [-0.2, -0.15) is 0 Å². The zero-order chi connectivity index (χ0) is 22.8. The third-order valence-corrected chi connectivity index (χ3v) is 5.29. The van der Waals surface area contributed by atoms with E-state index in [2.05, 4.69) is 16.5 Å². The molecule has 7 nitrogen and oxygen atoms in total. The first-order chi connectivity index (χ1) is 15.4. The zero-order valence-corrected chi connectivity index (χ0v) is 18.8. The largest absolute Gasteiger partial charge is 0.495 e. The van der Waals surface area contributed by atoms with Gasteiger partial charge in [0.05, 0.1) is 47.8 Å². The van der Waals surface area contributed by atoms with Gasteiger partial charge in [-0.1, -0.05) is 24.2 Å². The Kier molecular flexibility index (Phi) is 6.01. The fraction of sp³-hybridized carbons (Fsp3) is 0.208. The Labute approximate surface area is 191 Å². The number of imidazole rings is 1. The van der Waals surface area contributed by atoms with Gasteiger partial charge in [-0.25, -0.2) is 4.98 Å². The van der Waals surface area contributed by atoms with Crippen molar-refractivity contribution in [1.82, 2.24) is 19.4 Å². The Morgan fingerprint density at radius 2 is 2.12 bits per heavy atom. The van der Waals surface area contributed by atoms with Crippen LogP contribution >= 0.6 is 11.6 Å². The second-order valence-electron chi connectivity index (χ2n) is 7.51. The van der Waals surface area contributed by atoms with Crippen LogP contribution in [-0.4, -0.2) is 45.1 Å². The molecule has 32 heavy (non-hydrogen) atoms. The first-order valence-corrected chi connectivity index (χ1v) is 10.4. The van der Waals surface area contributed by atoms with Crippen LogP contribution in [0.1, 0.15) is 23.9 Å². The van der Waals surface area contributed by atoms with Gasteiger partial charge < -0.3 is 18.9 Å². The first-order valence-electron chi connectivity index (χ1n) is 10.1. The molecule has 0 bridgehead atoms. The molecule has 2 aromatic heterocycles. The molecule has 8 heteroatoms. The van der Waals surface area contributed by atoms with E-state index in [-0.39, 0.29) is 17.8 Å². The van der Waals surface area contributed by atoms with Crippen LogP contribution in [0.2, 0.25) is 5.02 Å². The number of halogens is 1. The van der Waals surface area contributed by atoms with Crippen molar-refractivity contribution in [2.75, 3.05) is 13.7 Å². The fourth-order valence-electron chi connectivity index (χ4n) is 3.49. The van der Waals surface area contributed by atoms with Gasteiger partial charge in [-0.3, -0.25) is 9.78 Å². The molecule has 1 atom stereocenters. The highest BCUT2D eigenvalue weighted by atomic mass is 35.5. The lowest BCUT2D eigenvalue weighted by Crippen LogP contribution is -2.43. The highest BCUT2D eigenvalue weighted by Gasteiger charge is 2.31. The number of amides is 1.